The second-order valence-corrected chi connectivity index (χ2v) is 8.23. The van der Waals surface area contributed by atoms with Gasteiger partial charge < -0.3 is 10.1 Å². The number of benzene rings is 3. The molecule has 1 heterocycles. The number of rotatable bonds is 10. The molecule has 0 saturated heterocycles. The number of anilines is 1. The number of fused-ring (bicyclic) bond motifs is 1. The summed E-state index contributed by atoms with van der Waals surface area (Å²) in [5.74, 6) is -1.54. The molecular weight excluding hydrogens is 461 g/mol. The summed E-state index contributed by atoms with van der Waals surface area (Å²) in [6, 6.07) is 19.3. The highest BCUT2D eigenvalue weighted by molar-refractivity contribution is 6.01. The number of aromatic nitrogens is 3. The minimum atomic E-state index is -1.25. The topological polar surface area (TPSA) is 89.4 Å². The van der Waals surface area contributed by atoms with Crippen molar-refractivity contribution in [3.8, 4) is 0 Å². The number of aryl methyl sites for hydroxylation is 1. The second kappa shape index (κ2) is 11.5. The number of carbonyl (C=O) groups is 2. The maximum absolute atomic E-state index is 15.1. The van der Waals surface area contributed by atoms with E-state index in [0.29, 0.717) is 16.7 Å². The number of halogens is 1. The van der Waals surface area contributed by atoms with Crippen molar-refractivity contribution in [1.82, 2.24) is 20.3 Å². The van der Waals surface area contributed by atoms with Gasteiger partial charge in [-0.05, 0) is 42.3 Å². The van der Waals surface area contributed by atoms with E-state index in [1.165, 1.54) is 28.8 Å². The lowest BCUT2D eigenvalue weighted by atomic mass is 10.0. The molecule has 0 unspecified atom stereocenters. The smallest absolute Gasteiger partial charge is 0.249 e. The van der Waals surface area contributed by atoms with Gasteiger partial charge in [0.1, 0.15) is 23.9 Å². The first-order valence-corrected chi connectivity index (χ1v) is 11.7. The van der Waals surface area contributed by atoms with Crippen molar-refractivity contribution < 1.29 is 18.7 Å². The summed E-state index contributed by atoms with van der Waals surface area (Å²) < 4.78 is 21.6. The van der Waals surface area contributed by atoms with Gasteiger partial charge in [0.15, 0.2) is 0 Å². The summed E-state index contributed by atoms with van der Waals surface area (Å²) in [4.78, 5) is 28.7. The van der Waals surface area contributed by atoms with Crippen LogP contribution in [0.2, 0.25) is 0 Å². The molecule has 3 aromatic carbocycles. The predicted octanol–water partition coefficient (Wildman–Crippen LogP) is 3.67. The molecule has 0 aliphatic carbocycles. The second-order valence-electron chi connectivity index (χ2n) is 8.23. The number of carbonyl (C=O) groups excluding carboxylic acids is 2. The van der Waals surface area contributed by atoms with Crippen LogP contribution in [0.15, 0.2) is 72.8 Å². The largest absolute Gasteiger partial charge is 0.383 e. The third kappa shape index (κ3) is 5.41. The van der Waals surface area contributed by atoms with Gasteiger partial charge in [0, 0.05) is 24.9 Å². The van der Waals surface area contributed by atoms with Gasteiger partial charge >= 0.3 is 0 Å². The Labute approximate surface area is 208 Å². The van der Waals surface area contributed by atoms with Crippen molar-refractivity contribution in [2.75, 3.05) is 25.2 Å². The average Bonchev–Trinajstić information content (AvgIpc) is 3.30. The fourth-order valence-corrected chi connectivity index (χ4v) is 4.04. The highest BCUT2D eigenvalue weighted by Gasteiger charge is 2.34. The van der Waals surface area contributed by atoms with Crippen molar-refractivity contribution in [1.29, 1.82) is 0 Å². The predicted molar refractivity (Wildman–Crippen MR) is 135 cm³/mol. The van der Waals surface area contributed by atoms with Crippen LogP contribution in [0.1, 0.15) is 24.1 Å². The van der Waals surface area contributed by atoms with E-state index in [2.05, 4.69) is 15.6 Å². The Kier molecular flexibility index (Phi) is 8.02. The van der Waals surface area contributed by atoms with E-state index >= 15 is 4.39 Å². The molecule has 1 N–H and O–H groups in total. The van der Waals surface area contributed by atoms with Crippen molar-refractivity contribution in [3.05, 3.63) is 89.7 Å². The van der Waals surface area contributed by atoms with E-state index in [9.17, 15) is 9.59 Å². The normalized spacial score (nSPS) is 11.9. The summed E-state index contributed by atoms with van der Waals surface area (Å²) in [7, 11) is 1.52. The monoisotopic (exact) mass is 489 g/mol. The summed E-state index contributed by atoms with van der Waals surface area (Å²) >= 11 is 0. The Balaban J connectivity index is 1.79. The number of hydrogen-bond donors (Lipinski definition) is 1. The Morgan fingerprint density at radius 3 is 2.50 bits per heavy atom. The van der Waals surface area contributed by atoms with E-state index < -0.39 is 23.7 Å². The van der Waals surface area contributed by atoms with Gasteiger partial charge in [-0.15, -0.1) is 5.10 Å². The van der Waals surface area contributed by atoms with E-state index in [0.717, 1.165) is 12.0 Å². The lowest BCUT2D eigenvalue weighted by molar-refractivity contribution is -0.127. The van der Waals surface area contributed by atoms with Gasteiger partial charge in [0.05, 0.1) is 12.1 Å². The maximum atomic E-state index is 15.1. The summed E-state index contributed by atoms with van der Waals surface area (Å²) in [5.41, 5.74) is 2.95. The molecule has 2 amide bonds. The molecule has 186 valence electrons. The first kappa shape index (κ1) is 25.0. The zero-order chi connectivity index (χ0) is 25.5. The Hall–Kier alpha value is -4.11. The Morgan fingerprint density at radius 2 is 1.78 bits per heavy atom. The van der Waals surface area contributed by atoms with E-state index in [4.69, 9.17) is 4.74 Å². The van der Waals surface area contributed by atoms with Crippen LogP contribution in [0.4, 0.5) is 10.1 Å². The molecule has 0 radical (unpaired) electrons. The van der Waals surface area contributed by atoms with Crippen molar-refractivity contribution >= 4 is 28.5 Å². The van der Waals surface area contributed by atoms with Gasteiger partial charge in [-0.2, -0.15) is 0 Å². The van der Waals surface area contributed by atoms with Crippen LogP contribution in [0.5, 0.6) is 0 Å². The van der Waals surface area contributed by atoms with Gasteiger partial charge in [-0.25, -0.2) is 9.07 Å². The van der Waals surface area contributed by atoms with Crippen molar-refractivity contribution in [2.45, 2.75) is 25.9 Å². The molecular formula is C27H28FN5O3. The number of methoxy groups -OCH3 is 1. The van der Waals surface area contributed by atoms with Crippen LogP contribution in [0.25, 0.3) is 11.0 Å². The van der Waals surface area contributed by atoms with Crippen molar-refractivity contribution in [3.63, 3.8) is 0 Å². The number of nitrogens with one attached hydrogen (secondary N) is 1. The fraction of sp³-hybridized carbons (Fsp3) is 0.259. The SMILES string of the molecule is CCc1ccc(N(C(=O)Cn2nnc3ccccc32)[C@@H](C(=O)NCCOC)c2ccccc2F)cc1. The van der Waals surface area contributed by atoms with Gasteiger partial charge in [0.2, 0.25) is 11.8 Å². The molecule has 0 aliphatic heterocycles. The Bertz CT molecular complexity index is 1340. The molecule has 0 fully saturated rings. The number of ether oxygens (including phenoxy) is 1. The number of hydrogen-bond acceptors (Lipinski definition) is 5. The molecule has 0 saturated carbocycles. The molecule has 9 heteroatoms. The summed E-state index contributed by atoms with van der Waals surface area (Å²) in [5, 5.41) is 11.0. The zero-order valence-corrected chi connectivity index (χ0v) is 20.2. The highest BCUT2D eigenvalue weighted by Crippen LogP contribution is 2.30. The molecule has 8 nitrogen and oxygen atoms in total. The van der Waals surface area contributed by atoms with E-state index in [-0.39, 0.29) is 25.3 Å². The molecule has 0 aliphatic rings. The number of amides is 2. The van der Waals surface area contributed by atoms with Crippen molar-refractivity contribution in [2.24, 2.45) is 0 Å². The van der Waals surface area contributed by atoms with Gasteiger partial charge in [0.25, 0.3) is 0 Å². The third-order valence-electron chi connectivity index (χ3n) is 5.91. The third-order valence-corrected chi connectivity index (χ3v) is 5.91. The van der Waals surface area contributed by atoms with E-state index in [1.54, 1.807) is 30.3 Å². The van der Waals surface area contributed by atoms with E-state index in [1.807, 2.05) is 37.3 Å². The average molecular weight is 490 g/mol. The molecule has 4 rings (SSSR count). The first-order valence-electron chi connectivity index (χ1n) is 11.7. The van der Waals surface area contributed by atoms with Crippen LogP contribution >= 0.6 is 0 Å². The van der Waals surface area contributed by atoms with Gasteiger partial charge in [-0.3, -0.25) is 14.5 Å². The lowest BCUT2D eigenvalue weighted by Gasteiger charge is -2.32. The quantitative estimate of drug-likeness (QED) is 0.344. The molecule has 0 bridgehead atoms. The minimum absolute atomic E-state index is 0.0868. The maximum Gasteiger partial charge on any atom is 0.249 e. The Morgan fingerprint density at radius 1 is 1.06 bits per heavy atom. The minimum Gasteiger partial charge on any atom is -0.383 e. The molecule has 1 atom stereocenters. The molecule has 0 spiro atoms. The highest BCUT2D eigenvalue weighted by atomic mass is 19.1. The van der Waals surface area contributed by atoms with Gasteiger partial charge in [-0.1, -0.05) is 54.6 Å². The molecule has 36 heavy (non-hydrogen) atoms. The standard InChI is InChI=1S/C27H28FN5O3/c1-3-19-12-14-20(15-13-19)33(25(34)18-32-24-11-7-6-10-23(24)30-31-32)26(27(35)29-16-17-36-2)21-8-4-5-9-22(21)28/h4-15,26H,3,16-18H2,1-2H3,(H,29,35)/t26-/m1/s1. The lowest BCUT2D eigenvalue weighted by Crippen LogP contribution is -2.46. The molecule has 4 aromatic rings. The van der Waals surface area contributed by atoms with Crippen LogP contribution in [-0.4, -0.2) is 47.1 Å². The summed E-state index contributed by atoms with van der Waals surface area (Å²) in [6.07, 6.45) is 0.813. The van der Waals surface area contributed by atoms with Crippen LogP contribution in [0, 0.1) is 5.82 Å². The zero-order valence-electron chi connectivity index (χ0n) is 20.2. The van der Waals surface area contributed by atoms with Crippen LogP contribution in [0.3, 0.4) is 0 Å². The molecule has 1 aromatic heterocycles. The number of nitrogens with zero attached hydrogens (tertiary/aromatic N) is 4. The first-order chi connectivity index (χ1) is 17.5. The van der Waals surface area contributed by atoms with Crippen LogP contribution < -0.4 is 10.2 Å². The summed E-state index contributed by atoms with van der Waals surface area (Å²) in [6.45, 7) is 2.33. The number of para-hydroxylation sites is 1. The fourth-order valence-electron chi connectivity index (χ4n) is 4.04. The van der Waals surface area contributed by atoms with Crippen LogP contribution in [-0.2, 0) is 27.3 Å².